The smallest absolute Gasteiger partial charge is 0.345 e. The number of nitrogens with zero attached hydrogens (tertiary/aromatic N) is 2. The molecule has 7 N–H and O–H groups in total. The van der Waals surface area contributed by atoms with Crippen LogP contribution in [0.25, 0.3) is 0 Å². The first kappa shape index (κ1) is 21.4. The van der Waals surface area contributed by atoms with Gasteiger partial charge in [-0.3, -0.25) is 9.59 Å². The van der Waals surface area contributed by atoms with Crippen molar-refractivity contribution in [3.8, 4) is 0 Å². The van der Waals surface area contributed by atoms with E-state index in [4.69, 9.17) is 11.5 Å². The molecule has 4 amide bonds. The molecule has 0 spiro atoms. The van der Waals surface area contributed by atoms with Crippen LogP contribution in [-0.2, 0) is 14.4 Å². The van der Waals surface area contributed by atoms with Gasteiger partial charge in [-0.25, -0.2) is 9.59 Å². The van der Waals surface area contributed by atoms with Gasteiger partial charge in [-0.05, 0) is 19.4 Å². The zero-order valence-electron chi connectivity index (χ0n) is 16.2. The average molecular weight is 434 g/mol. The molecule has 1 aromatic carbocycles. The first-order valence-electron chi connectivity index (χ1n) is 9.01. The monoisotopic (exact) mass is 434 g/mol. The van der Waals surface area contributed by atoms with E-state index >= 15 is 0 Å². The van der Waals surface area contributed by atoms with Gasteiger partial charge in [-0.1, -0.05) is 30.3 Å². The molecule has 0 aliphatic carbocycles. The second-order valence-corrected chi connectivity index (χ2v) is 9.19. The number of hydrogen-bond donors (Lipinski definition) is 5. The second kappa shape index (κ2) is 7.86. The summed E-state index contributed by atoms with van der Waals surface area (Å²) in [6.07, 6.45) is 0. The number of carbonyl (C=O) groups excluding carboxylic acids is 3. The lowest BCUT2D eigenvalue weighted by Gasteiger charge is -2.43. The van der Waals surface area contributed by atoms with Crippen molar-refractivity contribution in [1.29, 1.82) is 0 Å². The number of rotatable bonds is 5. The second-order valence-electron chi connectivity index (χ2n) is 7.41. The quantitative estimate of drug-likeness (QED) is 0.230. The molecule has 2 aliphatic heterocycles. The fraction of sp³-hybridized carbons (Fsp3) is 0.389. The van der Waals surface area contributed by atoms with E-state index in [0.717, 1.165) is 0 Å². The molecule has 30 heavy (non-hydrogen) atoms. The van der Waals surface area contributed by atoms with Gasteiger partial charge in [0.15, 0.2) is 5.96 Å². The Bertz CT molecular complexity index is 917. The highest BCUT2D eigenvalue weighted by Crippen LogP contribution is 2.50. The number of urea groups is 1. The summed E-state index contributed by atoms with van der Waals surface area (Å²) in [5.74, 6) is -2.69. The first-order valence-corrected chi connectivity index (χ1v) is 9.89. The third-order valence-corrected chi connectivity index (χ3v) is 6.44. The summed E-state index contributed by atoms with van der Waals surface area (Å²) in [6.45, 7) is 3.48. The molecule has 12 heteroatoms. The van der Waals surface area contributed by atoms with Crippen LogP contribution in [0.1, 0.15) is 25.5 Å². The third kappa shape index (κ3) is 3.90. The molecule has 11 nitrogen and oxygen atoms in total. The number of thioether (sulfide) groups is 1. The van der Waals surface area contributed by atoms with Crippen LogP contribution in [0.4, 0.5) is 4.79 Å². The van der Waals surface area contributed by atoms with Crippen LogP contribution in [0.5, 0.6) is 0 Å². The maximum absolute atomic E-state index is 12.9. The fourth-order valence-corrected chi connectivity index (χ4v) is 5.23. The number of β-lactam (4-membered cyclic amide) rings is 1. The number of carboxylic acid groups (broad SMARTS) is 1. The summed E-state index contributed by atoms with van der Waals surface area (Å²) in [7, 11) is 0. The molecular weight excluding hydrogens is 412 g/mol. The largest absolute Gasteiger partial charge is 0.480 e. The van der Waals surface area contributed by atoms with Gasteiger partial charge in [0.2, 0.25) is 11.8 Å². The predicted octanol–water partition coefficient (Wildman–Crippen LogP) is -0.658. The van der Waals surface area contributed by atoms with Crippen LogP contribution in [0, 0.1) is 0 Å². The minimum atomic E-state index is -1.15. The number of nitrogens with one attached hydrogen (secondary N) is 2. The number of carbonyl (C=O) groups is 4. The molecule has 2 heterocycles. The van der Waals surface area contributed by atoms with E-state index in [1.807, 2.05) is 0 Å². The van der Waals surface area contributed by atoms with Crippen LogP contribution in [0.3, 0.4) is 0 Å². The molecule has 0 bridgehead atoms. The number of aliphatic imine (C=N–C) groups is 1. The summed E-state index contributed by atoms with van der Waals surface area (Å²) < 4.78 is -0.716. The highest BCUT2D eigenvalue weighted by molar-refractivity contribution is 8.01. The van der Waals surface area contributed by atoms with Crippen molar-refractivity contribution in [2.45, 2.75) is 42.1 Å². The summed E-state index contributed by atoms with van der Waals surface area (Å²) in [5, 5.41) is 14.0. The highest BCUT2D eigenvalue weighted by atomic mass is 32.2. The SMILES string of the molecule is CC1(C)S[C@@H]2[C@H](NC(=O)C(NC(=O)N=C(N)N)c3ccccc3)C(=O)N2[C@@H]1C(=O)O. The average Bonchev–Trinajstić information content (AvgIpc) is 2.92. The lowest BCUT2D eigenvalue weighted by Crippen LogP contribution is -2.71. The number of aliphatic carboxylic acids is 1. The van der Waals surface area contributed by atoms with Gasteiger partial charge >= 0.3 is 12.0 Å². The van der Waals surface area contributed by atoms with Gasteiger partial charge in [0.25, 0.3) is 0 Å². The Morgan fingerprint density at radius 1 is 1.23 bits per heavy atom. The van der Waals surface area contributed by atoms with Crippen LogP contribution in [0.2, 0.25) is 0 Å². The third-order valence-electron chi connectivity index (χ3n) is 4.87. The molecular formula is C18H22N6O5S. The maximum atomic E-state index is 12.9. The van der Waals surface area contributed by atoms with Crippen molar-refractivity contribution >= 4 is 41.5 Å². The lowest BCUT2D eigenvalue weighted by molar-refractivity contribution is -0.161. The topological polar surface area (TPSA) is 180 Å². The minimum absolute atomic E-state index is 0.459. The van der Waals surface area contributed by atoms with Crippen LogP contribution >= 0.6 is 11.8 Å². The lowest BCUT2D eigenvalue weighted by atomic mass is 9.95. The Kier molecular flexibility index (Phi) is 5.61. The van der Waals surface area contributed by atoms with E-state index in [1.165, 1.54) is 16.7 Å². The molecule has 4 atom stereocenters. The number of carboxylic acids is 1. The molecule has 0 aromatic heterocycles. The molecule has 2 fully saturated rings. The number of benzene rings is 1. The highest BCUT2D eigenvalue weighted by Gasteiger charge is 2.64. The molecule has 2 aliphatic rings. The Morgan fingerprint density at radius 2 is 1.87 bits per heavy atom. The number of fused-ring (bicyclic) bond motifs is 1. The molecule has 3 rings (SSSR count). The summed E-state index contributed by atoms with van der Waals surface area (Å²) in [5.41, 5.74) is 10.9. The molecule has 0 radical (unpaired) electrons. The van der Waals surface area contributed by atoms with Crippen molar-refractivity contribution in [2.24, 2.45) is 16.5 Å². The van der Waals surface area contributed by atoms with Crippen molar-refractivity contribution in [3.63, 3.8) is 0 Å². The van der Waals surface area contributed by atoms with Crippen molar-refractivity contribution in [1.82, 2.24) is 15.5 Å². The Hall–Kier alpha value is -3.28. The summed E-state index contributed by atoms with van der Waals surface area (Å²) in [6, 6.07) is 4.41. The van der Waals surface area contributed by atoms with Gasteiger partial charge in [-0.15, -0.1) is 11.8 Å². The number of nitrogens with two attached hydrogens (primary N) is 2. The zero-order chi connectivity index (χ0) is 22.2. The van der Waals surface area contributed by atoms with Gasteiger partial charge in [0.1, 0.15) is 23.5 Å². The van der Waals surface area contributed by atoms with Crippen molar-refractivity contribution in [2.75, 3.05) is 0 Å². The Balaban J connectivity index is 1.78. The van der Waals surface area contributed by atoms with Gasteiger partial charge in [0, 0.05) is 4.75 Å². The molecule has 0 saturated carbocycles. The van der Waals surface area contributed by atoms with Crippen molar-refractivity contribution in [3.05, 3.63) is 35.9 Å². The summed E-state index contributed by atoms with van der Waals surface area (Å²) in [4.78, 5) is 53.8. The van der Waals surface area contributed by atoms with E-state index < -0.39 is 58.0 Å². The van der Waals surface area contributed by atoms with E-state index in [1.54, 1.807) is 44.2 Å². The zero-order valence-corrected chi connectivity index (χ0v) is 17.1. The number of guanidine groups is 1. The van der Waals surface area contributed by atoms with E-state index in [2.05, 4.69) is 15.6 Å². The van der Waals surface area contributed by atoms with Crippen LogP contribution in [-0.4, -0.2) is 62.0 Å². The number of hydrogen-bond acceptors (Lipinski definition) is 5. The molecule has 1 unspecified atom stereocenters. The van der Waals surface area contributed by atoms with Gasteiger partial charge < -0.3 is 32.1 Å². The molecule has 160 valence electrons. The van der Waals surface area contributed by atoms with Crippen molar-refractivity contribution < 1.29 is 24.3 Å². The first-order chi connectivity index (χ1) is 14.0. The normalized spacial score (nSPS) is 24.8. The number of amides is 4. The molecule has 2 saturated heterocycles. The Morgan fingerprint density at radius 3 is 2.43 bits per heavy atom. The van der Waals surface area contributed by atoms with E-state index in [-0.39, 0.29) is 0 Å². The maximum Gasteiger partial charge on any atom is 0.345 e. The van der Waals surface area contributed by atoms with Gasteiger partial charge in [0.05, 0.1) is 0 Å². The predicted molar refractivity (Wildman–Crippen MR) is 109 cm³/mol. The van der Waals surface area contributed by atoms with Crippen LogP contribution < -0.4 is 22.1 Å². The fourth-order valence-electron chi connectivity index (χ4n) is 3.60. The summed E-state index contributed by atoms with van der Waals surface area (Å²) >= 11 is 1.31. The Labute approximate surface area is 176 Å². The standard InChI is InChI=1S/C18H22N6O5S/c1-18(2)11(15(27)28)24-13(26)10(14(24)30-18)21-12(25)9(8-6-4-3-5-7-8)22-17(29)23-16(19)20/h3-7,9-11,14H,1-2H3,(H,21,25)(H,27,28)(H5,19,20,22,23,29)/t9?,10-,11-,14-/m1/s1. The minimum Gasteiger partial charge on any atom is -0.480 e. The van der Waals surface area contributed by atoms with Crippen LogP contribution in [0.15, 0.2) is 35.3 Å². The van der Waals surface area contributed by atoms with Gasteiger partial charge in [-0.2, -0.15) is 4.99 Å². The van der Waals surface area contributed by atoms with E-state index in [0.29, 0.717) is 5.56 Å². The molecule has 1 aromatic rings. The van der Waals surface area contributed by atoms with E-state index in [9.17, 15) is 24.3 Å².